The molecule has 22 heavy (non-hydrogen) atoms. The molecule has 0 radical (unpaired) electrons. The van der Waals surface area contributed by atoms with Crippen molar-refractivity contribution in [3.63, 3.8) is 0 Å². The van der Waals surface area contributed by atoms with Crippen LogP contribution in [0.4, 0.5) is 0 Å². The van der Waals surface area contributed by atoms with E-state index in [1.807, 2.05) is 13.8 Å². The molecule has 0 saturated carbocycles. The van der Waals surface area contributed by atoms with Gasteiger partial charge in [0, 0.05) is 6.42 Å². The predicted molar refractivity (Wildman–Crippen MR) is 83.7 cm³/mol. The van der Waals surface area contributed by atoms with Crippen LogP contribution in [0, 0.1) is 5.92 Å². The third-order valence-corrected chi connectivity index (χ3v) is 4.81. The van der Waals surface area contributed by atoms with Crippen molar-refractivity contribution in [2.75, 3.05) is 5.75 Å². The number of primary amides is 1. The number of amides is 2. The van der Waals surface area contributed by atoms with E-state index in [0.29, 0.717) is 0 Å². The molecule has 1 aromatic rings. The topological polar surface area (TPSA) is 106 Å². The van der Waals surface area contributed by atoms with Crippen molar-refractivity contribution in [1.29, 1.82) is 0 Å². The number of rotatable bonds is 8. The summed E-state index contributed by atoms with van der Waals surface area (Å²) in [6.07, 6.45) is 0.214. The van der Waals surface area contributed by atoms with Crippen LogP contribution in [0.15, 0.2) is 35.2 Å². The molecule has 0 aliphatic heterocycles. The van der Waals surface area contributed by atoms with Gasteiger partial charge in [-0.15, -0.1) is 0 Å². The van der Waals surface area contributed by atoms with Crippen molar-refractivity contribution < 1.29 is 18.0 Å². The van der Waals surface area contributed by atoms with E-state index in [0.717, 1.165) is 0 Å². The lowest BCUT2D eigenvalue weighted by atomic mass is 10.1. The summed E-state index contributed by atoms with van der Waals surface area (Å²) >= 11 is 0. The van der Waals surface area contributed by atoms with Gasteiger partial charge in [0.25, 0.3) is 0 Å². The van der Waals surface area contributed by atoms with Gasteiger partial charge in [0.1, 0.15) is 6.04 Å². The van der Waals surface area contributed by atoms with Crippen LogP contribution >= 0.6 is 0 Å². The Morgan fingerprint density at radius 2 is 1.77 bits per heavy atom. The maximum absolute atomic E-state index is 12.2. The number of sulfone groups is 1. The van der Waals surface area contributed by atoms with Crippen molar-refractivity contribution in [1.82, 2.24) is 5.32 Å². The Morgan fingerprint density at radius 1 is 1.18 bits per heavy atom. The van der Waals surface area contributed by atoms with E-state index in [1.165, 1.54) is 12.1 Å². The molecular formula is C15H22N2O4S. The zero-order valence-electron chi connectivity index (χ0n) is 12.8. The van der Waals surface area contributed by atoms with Crippen molar-refractivity contribution in [3.8, 4) is 0 Å². The van der Waals surface area contributed by atoms with E-state index in [4.69, 9.17) is 5.73 Å². The molecule has 0 fully saturated rings. The summed E-state index contributed by atoms with van der Waals surface area (Å²) < 4.78 is 24.3. The second kappa shape index (κ2) is 7.93. The van der Waals surface area contributed by atoms with Gasteiger partial charge in [0.05, 0.1) is 10.6 Å². The SMILES string of the molecule is CC(C)CC(=O)N[C@@H](CCS(=O)(=O)c1ccccc1)C(N)=O. The van der Waals surface area contributed by atoms with Gasteiger partial charge in [-0.05, 0) is 24.5 Å². The number of carbonyl (C=O) groups is 2. The summed E-state index contributed by atoms with van der Waals surface area (Å²) in [6, 6.07) is 6.98. The van der Waals surface area contributed by atoms with Crippen molar-refractivity contribution in [3.05, 3.63) is 30.3 Å². The first kappa shape index (κ1) is 18.2. The summed E-state index contributed by atoms with van der Waals surface area (Å²) in [5.74, 6) is -1.16. The monoisotopic (exact) mass is 326 g/mol. The first-order chi connectivity index (χ1) is 10.2. The molecule has 0 unspecified atom stereocenters. The molecule has 0 aliphatic rings. The third kappa shape index (κ3) is 5.85. The largest absolute Gasteiger partial charge is 0.368 e. The molecule has 0 spiro atoms. The highest BCUT2D eigenvalue weighted by Crippen LogP contribution is 2.12. The lowest BCUT2D eigenvalue weighted by Gasteiger charge is -2.16. The molecule has 2 amide bonds. The van der Waals surface area contributed by atoms with Crippen molar-refractivity contribution >= 4 is 21.7 Å². The Kier molecular flexibility index (Phi) is 6.55. The van der Waals surface area contributed by atoms with Crippen LogP contribution in [0.1, 0.15) is 26.7 Å². The number of benzene rings is 1. The third-order valence-electron chi connectivity index (χ3n) is 3.05. The fraction of sp³-hybridized carbons (Fsp3) is 0.467. The van der Waals surface area contributed by atoms with Gasteiger partial charge in [0.2, 0.25) is 11.8 Å². The van der Waals surface area contributed by atoms with E-state index >= 15 is 0 Å². The number of hydrogen-bond donors (Lipinski definition) is 2. The Labute approximate surface area is 131 Å². The Bertz CT molecular complexity index is 612. The van der Waals surface area contributed by atoms with Gasteiger partial charge in [-0.25, -0.2) is 8.42 Å². The molecule has 7 heteroatoms. The van der Waals surface area contributed by atoms with Crippen LogP contribution in [0.25, 0.3) is 0 Å². The molecule has 6 nitrogen and oxygen atoms in total. The fourth-order valence-corrected chi connectivity index (χ4v) is 3.28. The van der Waals surface area contributed by atoms with E-state index in [1.54, 1.807) is 18.2 Å². The summed E-state index contributed by atoms with van der Waals surface area (Å²) in [5, 5.41) is 2.49. The van der Waals surface area contributed by atoms with Crippen molar-refractivity contribution in [2.45, 2.75) is 37.6 Å². The zero-order valence-corrected chi connectivity index (χ0v) is 13.6. The molecule has 0 bridgehead atoms. The first-order valence-electron chi connectivity index (χ1n) is 7.09. The maximum atomic E-state index is 12.2. The molecule has 0 saturated heterocycles. The van der Waals surface area contributed by atoms with Crippen LogP contribution < -0.4 is 11.1 Å². The van der Waals surface area contributed by atoms with Gasteiger partial charge in [-0.2, -0.15) is 0 Å². The highest BCUT2D eigenvalue weighted by Gasteiger charge is 2.22. The maximum Gasteiger partial charge on any atom is 0.240 e. The summed E-state index contributed by atoms with van der Waals surface area (Å²) in [5.41, 5.74) is 5.24. The van der Waals surface area contributed by atoms with Gasteiger partial charge in [-0.3, -0.25) is 9.59 Å². The van der Waals surface area contributed by atoms with Crippen LogP contribution in [0.2, 0.25) is 0 Å². The molecule has 0 aliphatic carbocycles. The second-order valence-corrected chi connectivity index (χ2v) is 7.65. The van der Waals surface area contributed by atoms with E-state index in [-0.39, 0.29) is 35.3 Å². The lowest BCUT2D eigenvalue weighted by molar-refractivity contribution is -0.127. The lowest BCUT2D eigenvalue weighted by Crippen LogP contribution is -2.45. The average Bonchev–Trinajstić information content (AvgIpc) is 2.43. The van der Waals surface area contributed by atoms with E-state index in [2.05, 4.69) is 5.32 Å². The second-order valence-electron chi connectivity index (χ2n) is 5.54. The zero-order chi connectivity index (χ0) is 16.8. The minimum Gasteiger partial charge on any atom is -0.368 e. The quantitative estimate of drug-likeness (QED) is 0.739. The molecule has 1 aromatic carbocycles. The molecule has 0 aromatic heterocycles. The molecule has 3 N–H and O–H groups in total. The summed E-state index contributed by atoms with van der Waals surface area (Å²) in [7, 11) is -3.51. The normalized spacial score (nSPS) is 12.9. The van der Waals surface area contributed by atoms with Crippen LogP contribution in [0.3, 0.4) is 0 Å². The Morgan fingerprint density at radius 3 is 2.27 bits per heavy atom. The Hall–Kier alpha value is -1.89. The number of carbonyl (C=O) groups excluding carboxylic acids is 2. The van der Waals surface area contributed by atoms with Crippen LogP contribution in [-0.2, 0) is 19.4 Å². The summed E-state index contributed by atoms with van der Waals surface area (Å²) in [6.45, 7) is 3.75. The molecule has 1 atom stereocenters. The fourth-order valence-electron chi connectivity index (χ4n) is 1.93. The van der Waals surface area contributed by atoms with Crippen molar-refractivity contribution in [2.24, 2.45) is 11.7 Å². The highest BCUT2D eigenvalue weighted by atomic mass is 32.2. The standard InChI is InChI=1S/C15H22N2O4S/c1-11(2)10-14(18)17-13(15(16)19)8-9-22(20,21)12-6-4-3-5-7-12/h3-7,11,13H,8-10H2,1-2H3,(H2,16,19)(H,17,18)/t13-/m0/s1. The van der Waals surface area contributed by atoms with Gasteiger partial charge in [0.15, 0.2) is 9.84 Å². The van der Waals surface area contributed by atoms with E-state index in [9.17, 15) is 18.0 Å². The highest BCUT2D eigenvalue weighted by molar-refractivity contribution is 7.91. The smallest absolute Gasteiger partial charge is 0.240 e. The molecule has 1 rings (SSSR count). The minimum atomic E-state index is -3.51. The Balaban J connectivity index is 2.69. The van der Waals surface area contributed by atoms with Crippen LogP contribution in [-0.4, -0.2) is 32.0 Å². The number of nitrogens with one attached hydrogen (secondary N) is 1. The predicted octanol–water partition coefficient (Wildman–Crippen LogP) is 0.867. The number of nitrogens with two attached hydrogens (primary N) is 1. The van der Waals surface area contributed by atoms with Gasteiger partial charge >= 0.3 is 0 Å². The summed E-state index contributed by atoms with van der Waals surface area (Å²) in [4.78, 5) is 23.3. The molecule has 122 valence electrons. The number of hydrogen-bond acceptors (Lipinski definition) is 4. The van der Waals surface area contributed by atoms with Gasteiger partial charge < -0.3 is 11.1 Å². The average molecular weight is 326 g/mol. The molecular weight excluding hydrogens is 304 g/mol. The van der Waals surface area contributed by atoms with Crippen LogP contribution in [0.5, 0.6) is 0 Å². The molecule has 0 heterocycles. The van der Waals surface area contributed by atoms with Gasteiger partial charge in [-0.1, -0.05) is 32.0 Å². The minimum absolute atomic E-state index is 0.0452. The van der Waals surface area contributed by atoms with E-state index < -0.39 is 21.8 Å². The first-order valence-corrected chi connectivity index (χ1v) is 8.74.